The van der Waals surface area contributed by atoms with Crippen molar-refractivity contribution in [2.24, 2.45) is 10.3 Å². The molecule has 0 saturated heterocycles. The summed E-state index contributed by atoms with van der Waals surface area (Å²) in [6.45, 7) is 3.27. The van der Waals surface area contributed by atoms with Crippen molar-refractivity contribution in [1.29, 1.82) is 0 Å². The van der Waals surface area contributed by atoms with E-state index in [0.29, 0.717) is 11.1 Å². The number of hydrogen-bond acceptors (Lipinski definition) is 5. The number of alkyl halides is 3. The monoisotopic (exact) mass is 445 g/mol. The molecule has 2 rings (SSSR count). The van der Waals surface area contributed by atoms with Crippen LogP contribution in [-0.4, -0.2) is 31.5 Å². The fraction of sp³-hybridized carbons (Fsp3) is 0.261. The van der Waals surface area contributed by atoms with Crippen molar-refractivity contribution < 1.29 is 27.6 Å². The van der Waals surface area contributed by atoms with Gasteiger partial charge in [-0.05, 0) is 37.6 Å². The number of nitrogens with one attached hydrogen (secondary N) is 1. The summed E-state index contributed by atoms with van der Waals surface area (Å²) in [5.74, 6) is 1.76. The third-order valence-corrected chi connectivity index (χ3v) is 4.55. The number of amides is 1. The van der Waals surface area contributed by atoms with E-state index in [1.54, 1.807) is 12.1 Å². The van der Waals surface area contributed by atoms with Crippen molar-refractivity contribution in [3.05, 3.63) is 69.8 Å². The lowest BCUT2D eigenvalue weighted by atomic mass is 9.98. The van der Waals surface area contributed by atoms with Gasteiger partial charge in [0.05, 0.1) is 11.3 Å². The summed E-state index contributed by atoms with van der Waals surface area (Å²) in [5, 5.41) is 10.2. The minimum atomic E-state index is -4.55. The minimum absolute atomic E-state index is 0.0505. The van der Waals surface area contributed by atoms with Crippen molar-refractivity contribution in [2.75, 3.05) is 14.2 Å². The number of carbonyl (C=O) groups is 1. The predicted molar refractivity (Wildman–Crippen MR) is 115 cm³/mol. The van der Waals surface area contributed by atoms with E-state index in [4.69, 9.17) is 16.1 Å². The number of carbonyl (C=O) groups excluding carboxylic acids is 1. The van der Waals surface area contributed by atoms with E-state index in [1.807, 2.05) is 13.0 Å². The van der Waals surface area contributed by atoms with E-state index in [-0.39, 0.29) is 29.2 Å². The second-order valence-corrected chi connectivity index (χ2v) is 6.69. The molecule has 0 spiro atoms. The van der Waals surface area contributed by atoms with Crippen LogP contribution in [0.1, 0.15) is 40.3 Å². The fourth-order valence-corrected chi connectivity index (χ4v) is 2.87. The Labute approximate surface area is 184 Å². The molecule has 0 aromatic heterocycles. The Bertz CT molecular complexity index is 1100. The van der Waals surface area contributed by atoms with Crippen LogP contribution in [0.4, 0.5) is 13.2 Å². The zero-order valence-electron chi connectivity index (χ0n) is 18.0. The zero-order chi connectivity index (χ0) is 23.9. The van der Waals surface area contributed by atoms with Crippen LogP contribution in [0, 0.1) is 19.3 Å². The minimum Gasteiger partial charge on any atom is -0.398 e. The number of terminal acetylenes is 1. The van der Waals surface area contributed by atoms with Gasteiger partial charge in [-0.2, -0.15) is 13.2 Å². The van der Waals surface area contributed by atoms with Crippen molar-refractivity contribution in [2.45, 2.75) is 26.6 Å². The Morgan fingerprint density at radius 2 is 1.94 bits per heavy atom. The quantitative estimate of drug-likeness (QED) is 0.397. The molecule has 6 nitrogen and oxygen atoms in total. The van der Waals surface area contributed by atoms with Crippen molar-refractivity contribution in [3.63, 3.8) is 0 Å². The molecular weight excluding hydrogens is 423 g/mol. The molecule has 0 bridgehead atoms. The molecule has 0 unspecified atom stereocenters. The maximum absolute atomic E-state index is 13.1. The standard InChI is InChI=1S/C23H22F3N3O3/c1-6-16-10-17(12-18(11-16)23(24,25)26)15(3)28-32-13-20-14(2)8-7-9-19(20)21(29-31-5)22(30)27-4/h1,7-12H,13H2,2-5H3,(H,27,30)/b28-15+,29-21+. The molecule has 1 amide bonds. The van der Waals surface area contributed by atoms with E-state index in [9.17, 15) is 18.0 Å². The second-order valence-electron chi connectivity index (χ2n) is 6.69. The lowest BCUT2D eigenvalue weighted by Crippen LogP contribution is -2.29. The topological polar surface area (TPSA) is 72.3 Å². The second kappa shape index (κ2) is 10.5. The first-order valence-corrected chi connectivity index (χ1v) is 9.40. The zero-order valence-corrected chi connectivity index (χ0v) is 18.0. The highest BCUT2D eigenvalue weighted by Crippen LogP contribution is 2.30. The first-order valence-electron chi connectivity index (χ1n) is 9.40. The van der Waals surface area contributed by atoms with E-state index in [0.717, 1.165) is 17.7 Å². The Morgan fingerprint density at radius 1 is 1.22 bits per heavy atom. The Morgan fingerprint density at radius 3 is 2.53 bits per heavy atom. The number of rotatable bonds is 7. The van der Waals surface area contributed by atoms with Gasteiger partial charge >= 0.3 is 6.18 Å². The third kappa shape index (κ3) is 5.88. The maximum Gasteiger partial charge on any atom is 0.416 e. The SMILES string of the molecule is C#Cc1cc(/C(C)=N/OCc2c(C)cccc2/C(=N\OC)C(=O)NC)cc(C(F)(F)F)c1. The van der Waals surface area contributed by atoms with Crippen LogP contribution in [0.5, 0.6) is 0 Å². The molecular formula is C23H22F3N3O3. The molecule has 0 saturated carbocycles. The summed E-state index contributed by atoms with van der Waals surface area (Å²) in [7, 11) is 2.79. The molecule has 32 heavy (non-hydrogen) atoms. The smallest absolute Gasteiger partial charge is 0.398 e. The molecule has 0 aliphatic carbocycles. The summed E-state index contributed by atoms with van der Waals surface area (Å²) in [6.07, 6.45) is 0.741. The fourth-order valence-electron chi connectivity index (χ4n) is 2.87. The number of benzene rings is 2. The van der Waals surface area contributed by atoms with Crippen molar-refractivity contribution in [3.8, 4) is 12.3 Å². The van der Waals surface area contributed by atoms with Crippen LogP contribution in [-0.2, 0) is 27.3 Å². The molecule has 2 aromatic carbocycles. The number of oxime groups is 2. The van der Waals surface area contributed by atoms with E-state index in [1.165, 1.54) is 27.1 Å². The molecule has 1 N–H and O–H groups in total. The third-order valence-electron chi connectivity index (χ3n) is 4.55. The molecule has 0 aliphatic heterocycles. The summed E-state index contributed by atoms with van der Waals surface area (Å²) in [4.78, 5) is 22.4. The molecule has 9 heteroatoms. The normalized spacial score (nSPS) is 12.2. The largest absolute Gasteiger partial charge is 0.416 e. The molecule has 0 fully saturated rings. The number of aryl methyl sites for hydroxylation is 1. The summed E-state index contributed by atoms with van der Waals surface area (Å²) >= 11 is 0. The highest BCUT2D eigenvalue weighted by Gasteiger charge is 2.31. The van der Waals surface area contributed by atoms with Crippen LogP contribution in [0.3, 0.4) is 0 Å². The first kappa shape index (κ1) is 24.5. The van der Waals surface area contributed by atoms with Gasteiger partial charge in [0.25, 0.3) is 5.91 Å². The van der Waals surface area contributed by atoms with Crippen LogP contribution < -0.4 is 5.32 Å². The van der Waals surface area contributed by atoms with Crippen LogP contribution in [0.25, 0.3) is 0 Å². The van der Waals surface area contributed by atoms with Gasteiger partial charge in [-0.1, -0.05) is 34.4 Å². The lowest BCUT2D eigenvalue weighted by molar-refractivity contribution is -0.137. The van der Waals surface area contributed by atoms with Gasteiger partial charge in [0.15, 0.2) is 5.71 Å². The Balaban J connectivity index is 2.35. The highest BCUT2D eigenvalue weighted by molar-refractivity contribution is 6.45. The van der Waals surface area contributed by atoms with Crippen LogP contribution >= 0.6 is 0 Å². The maximum atomic E-state index is 13.1. The van der Waals surface area contributed by atoms with Gasteiger partial charge < -0.3 is 15.0 Å². The van der Waals surface area contributed by atoms with E-state index in [2.05, 4.69) is 21.5 Å². The molecule has 0 aliphatic rings. The summed E-state index contributed by atoms with van der Waals surface area (Å²) in [6, 6.07) is 8.52. The number of halogens is 3. The van der Waals surface area contributed by atoms with Gasteiger partial charge in [0, 0.05) is 29.3 Å². The van der Waals surface area contributed by atoms with Gasteiger partial charge in [-0.15, -0.1) is 6.42 Å². The summed E-state index contributed by atoms with van der Waals surface area (Å²) < 4.78 is 39.4. The average Bonchev–Trinajstić information content (AvgIpc) is 2.77. The van der Waals surface area contributed by atoms with Gasteiger partial charge in [-0.25, -0.2) is 0 Å². The molecule has 0 atom stereocenters. The predicted octanol–water partition coefficient (Wildman–Crippen LogP) is 4.03. The van der Waals surface area contributed by atoms with Gasteiger partial charge in [-0.3, -0.25) is 4.79 Å². The Kier molecular flexibility index (Phi) is 8.02. The van der Waals surface area contributed by atoms with E-state index >= 15 is 0 Å². The number of likely N-dealkylation sites (N-methyl/N-ethyl adjacent to an activating group) is 1. The van der Waals surface area contributed by atoms with Crippen molar-refractivity contribution in [1.82, 2.24) is 5.32 Å². The highest BCUT2D eigenvalue weighted by atomic mass is 19.4. The number of hydrogen-bond donors (Lipinski definition) is 1. The van der Waals surface area contributed by atoms with Crippen molar-refractivity contribution >= 4 is 17.3 Å². The molecule has 0 radical (unpaired) electrons. The number of nitrogens with zero attached hydrogens (tertiary/aromatic N) is 2. The lowest BCUT2D eigenvalue weighted by Gasteiger charge is -2.13. The van der Waals surface area contributed by atoms with Crippen LogP contribution in [0.2, 0.25) is 0 Å². The van der Waals surface area contributed by atoms with Gasteiger partial charge in [0.2, 0.25) is 0 Å². The summed E-state index contributed by atoms with van der Waals surface area (Å²) in [5.41, 5.74) is 1.56. The molecule has 2 aromatic rings. The van der Waals surface area contributed by atoms with Gasteiger partial charge in [0.1, 0.15) is 13.7 Å². The van der Waals surface area contributed by atoms with E-state index < -0.39 is 17.6 Å². The Hall–Kier alpha value is -3.80. The average molecular weight is 445 g/mol. The molecule has 0 heterocycles. The first-order chi connectivity index (χ1) is 15.1. The molecule has 168 valence electrons. The van der Waals surface area contributed by atoms with Crippen LogP contribution in [0.15, 0.2) is 46.7 Å².